The summed E-state index contributed by atoms with van der Waals surface area (Å²) in [4.78, 5) is 26.5. The van der Waals surface area contributed by atoms with Gasteiger partial charge < -0.3 is 4.90 Å². The van der Waals surface area contributed by atoms with Gasteiger partial charge >= 0.3 is 0 Å². The number of hydrogen-bond donors (Lipinski definition) is 0. The molecular weight excluding hydrogens is 298 g/mol. The van der Waals surface area contributed by atoms with Gasteiger partial charge in [-0.05, 0) is 49.4 Å². The van der Waals surface area contributed by atoms with Crippen LogP contribution in [0.15, 0.2) is 60.2 Å². The lowest BCUT2D eigenvalue weighted by Gasteiger charge is -2.16. The molecule has 4 heteroatoms. The highest BCUT2D eigenvalue weighted by Gasteiger charge is 2.30. The van der Waals surface area contributed by atoms with E-state index in [0.29, 0.717) is 17.1 Å². The smallest absolute Gasteiger partial charge is 0.262 e. The van der Waals surface area contributed by atoms with E-state index in [-0.39, 0.29) is 17.3 Å². The lowest BCUT2D eigenvalue weighted by Crippen LogP contribution is -2.28. The molecule has 0 saturated heterocycles. The summed E-state index contributed by atoms with van der Waals surface area (Å²) in [5.74, 6) is -0.528. The van der Waals surface area contributed by atoms with Crippen LogP contribution in [0.25, 0.3) is 0 Å². The van der Waals surface area contributed by atoms with Crippen molar-refractivity contribution in [3.8, 4) is 0 Å². The van der Waals surface area contributed by atoms with E-state index in [9.17, 15) is 9.59 Å². The molecule has 1 amide bonds. The van der Waals surface area contributed by atoms with E-state index < -0.39 is 0 Å². The summed E-state index contributed by atoms with van der Waals surface area (Å²) >= 11 is 5.82. The lowest BCUT2D eigenvalue weighted by atomic mass is 10.0. The predicted octanol–water partition coefficient (Wildman–Crippen LogP) is 3.80. The second kappa shape index (κ2) is 5.78. The van der Waals surface area contributed by atoms with Gasteiger partial charge in [0.05, 0.1) is 5.57 Å². The Kier molecular flexibility index (Phi) is 3.82. The molecule has 1 heterocycles. The highest BCUT2D eigenvalue weighted by molar-refractivity contribution is 6.32. The van der Waals surface area contributed by atoms with Gasteiger partial charge in [0.1, 0.15) is 0 Å². The first-order valence-corrected chi connectivity index (χ1v) is 7.33. The maximum absolute atomic E-state index is 12.5. The second-order valence-corrected chi connectivity index (χ2v) is 5.64. The number of ketones is 1. The Balaban J connectivity index is 1.82. The van der Waals surface area contributed by atoms with E-state index >= 15 is 0 Å². The Hall–Kier alpha value is -2.39. The van der Waals surface area contributed by atoms with Gasteiger partial charge in [-0.25, -0.2) is 0 Å². The first-order valence-electron chi connectivity index (χ1n) is 6.95. The third-order valence-corrected chi connectivity index (χ3v) is 3.90. The van der Waals surface area contributed by atoms with Crippen molar-refractivity contribution in [3.63, 3.8) is 0 Å². The number of rotatable bonds is 3. The van der Waals surface area contributed by atoms with Crippen molar-refractivity contribution in [2.45, 2.75) is 6.92 Å². The maximum atomic E-state index is 12.5. The molecule has 22 heavy (non-hydrogen) atoms. The SMILES string of the molecule is Cc1ccc(N2CC=C(C(=O)c3ccc(Cl)cc3)C2=O)cc1. The normalized spacial score (nSPS) is 14.2. The first-order chi connectivity index (χ1) is 10.6. The molecule has 2 aromatic carbocycles. The molecule has 1 aliphatic rings. The van der Waals surface area contributed by atoms with E-state index in [2.05, 4.69) is 0 Å². The van der Waals surface area contributed by atoms with Crippen molar-refractivity contribution in [3.05, 3.63) is 76.3 Å². The van der Waals surface area contributed by atoms with Crippen LogP contribution in [0.4, 0.5) is 5.69 Å². The van der Waals surface area contributed by atoms with E-state index in [1.54, 1.807) is 35.2 Å². The molecule has 0 N–H and O–H groups in total. The average molecular weight is 312 g/mol. The van der Waals surface area contributed by atoms with Gasteiger partial charge in [-0.1, -0.05) is 29.3 Å². The fraction of sp³-hybridized carbons (Fsp3) is 0.111. The number of benzene rings is 2. The van der Waals surface area contributed by atoms with E-state index in [4.69, 9.17) is 11.6 Å². The lowest BCUT2D eigenvalue weighted by molar-refractivity contribution is -0.114. The van der Waals surface area contributed by atoms with E-state index in [1.165, 1.54) is 0 Å². The molecule has 0 aliphatic carbocycles. The minimum atomic E-state index is -0.267. The highest BCUT2D eigenvalue weighted by Crippen LogP contribution is 2.24. The van der Waals surface area contributed by atoms with Crippen molar-refractivity contribution < 1.29 is 9.59 Å². The third kappa shape index (κ3) is 2.68. The predicted molar refractivity (Wildman–Crippen MR) is 87.4 cm³/mol. The van der Waals surface area contributed by atoms with Gasteiger partial charge in [0.2, 0.25) is 0 Å². The Morgan fingerprint density at radius 1 is 1.05 bits per heavy atom. The number of nitrogens with zero attached hydrogens (tertiary/aromatic N) is 1. The summed E-state index contributed by atoms with van der Waals surface area (Å²) in [6.45, 7) is 2.40. The molecule has 0 aromatic heterocycles. The molecule has 110 valence electrons. The van der Waals surface area contributed by atoms with Crippen LogP contribution in [0.1, 0.15) is 15.9 Å². The number of carbonyl (C=O) groups is 2. The zero-order valence-corrected chi connectivity index (χ0v) is 12.8. The van der Waals surface area contributed by atoms with Crippen LogP contribution in [0, 0.1) is 6.92 Å². The van der Waals surface area contributed by atoms with Gasteiger partial charge in [0, 0.05) is 22.8 Å². The summed E-state index contributed by atoms with van der Waals surface area (Å²) in [5, 5.41) is 0.560. The largest absolute Gasteiger partial charge is 0.304 e. The van der Waals surface area contributed by atoms with Crippen LogP contribution in [-0.2, 0) is 4.79 Å². The first kappa shape index (κ1) is 14.5. The molecule has 0 saturated carbocycles. The summed E-state index contributed by atoms with van der Waals surface area (Å²) in [5.41, 5.74) is 2.60. The number of hydrogen-bond acceptors (Lipinski definition) is 2. The van der Waals surface area contributed by atoms with Crippen molar-refractivity contribution in [2.75, 3.05) is 11.4 Å². The zero-order valence-electron chi connectivity index (χ0n) is 12.0. The minimum Gasteiger partial charge on any atom is -0.304 e. The van der Waals surface area contributed by atoms with Crippen molar-refractivity contribution in [2.24, 2.45) is 0 Å². The van der Waals surface area contributed by atoms with Gasteiger partial charge in [-0.2, -0.15) is 0 Å². The molecule has 0 spiro atoms. The topological polar surface area (TPSA) is 37.4 Å². The number of anilines is 1. The maximum Gasteiger partial charge on any atom is 0.262 e. The molecule has 0 unspecified atom stereocenters. The number of Topliss-reactive ketones (excluding diaryl/α,β-unsaturated/α-hetero) is 1. The highest BCUT2D eigenvalue weighted by atomic mass is 35.5. The van der Waals surface area contributed by atoms with Crippen LogP contribution in [0.5, 0.6) is 0 Å². The average Bonchev–Trinajstić information content (AvgIpc) is 2.90. The molecule has 2 aromatic rings. The van der Waals surface area contributed by atoms with E-state index in [0.717, 1.165) is 11.3 Å². The van der Waals surface area contributed by atoms with Crippen LogP contribution in [0.2, 0.25) is 5.02 Å². The fourth-order valence-corrected chi connectivity index (χ4v) is 2.52. The zero-order chi connectivity index (χ0) is 15.7. The van der Waals surface area contributed by atoms with Crippen molar-refractivity contribution >= 4 is 29.0 Å². The molecule has 0 radical (unpaired) electrons. The Morgan fingerprint density at radius 3 is 2.32 bits per heavy atom. The summed E-state index contributed by atoms with van der Waals surface area (Å²) in [7, 11) is 0. The molecular formula is C18H14ClNO2. The van der Waals surface area contributed by atoms with Gasteiger partial charge in [0.25, 0.3) is 5.91 Å². The molecule has 3 rings (SSSR count). The fourth-order valence-electron chi connectivity index (χ4n) is 2.39. The summed E-state index contributed by atoms with van der Waals surface area (Å²) in [6.07, 6.45) is 1.68. The standard InChI is InChI=1S/C18H14ClNO2/c1-12-2-8-15(9-3-12)20-11-10-16(18(20)22)17(21)13-4-6-14(19)7-5-13/h2-10H,11H2,1H3. The van der Waals surface area contributed by atoms with Crippen LogP contribution >= 0.6 is 11.6 Å². The Bertz CT molecular complexity index is 761. The number of aryl methyl sites for hydroxylation is 1. The molecule has 0 fully saturated rings. The number of carbonyl (C=O) groups excluding carboxylic acids is 2. The van der Waals surface area contributed by atoms with E-state index in [1.807, 2.05) is 31.2 Å². The summed E-state index contributed by atoms with van der Waals surface area (Å²) < 4.78 is 0. The molecule has 1 aliphatic heterocycles. The van der Waals surface area contributed by atoms with Crippen LogP contribution in [-0.4, -0.2) is 18.2 Å². The minimum absolute atomic E-state index is 0.211. The van der Waals surface area contributed by atoms with Crippen LogP contribution < -0.4 is 4.90 Å². The molecule has 3 nitrogen and oxygen atoms in total. The van der Waals surface area contributed by atoms with Gasteiger partial charge in [-0.15, -0.1) is 0 Å². The molecule has 0 bridgehead atoms. The van der Waals surface area contributed by atoms with Crippen molar-refractivity contribution in [1.82, 2.24) is 0 Å². The number of halogens is 1. The quantitative estimate of drug-likeness (QED) is 0.638. The Morgan fingerprint density at radius 2 is 1.68 bits per heavy atom. The van der Waals surface area contributed by atoms with Gasteiger partial charge in [0.15, 0.2) is 5.78 Å². The molecule has 0 atom stereocenters. The van der Waals surface area contributed by atoms with Crippen molar-refractivity contribution in [1.29, 1.82) is 0 Å². The summed E-state index contributed by atoms with van der Waals surface area (Å²) in [6, 6.07) is 14.2. The Labute approximate surface area is 133 Å². The van der Waals surface area contributed by atoms with Crippen LogP contribution in [0.3, 0.4) is 0 Å². The number of amides is 1. The van der Waals surface area contributed by atoms with Gasteiger partial charge in [-0.3, -0.25) is 9.59 Å². The second-order valence-electron chi connectivity index (χ2n) is 5.21. The third-order valence-electron chi connectivity index (χ3n) is 3.65. The monoisotopic (exact) mass is 311 g/mol.